The molecule has 1 aliphatic rings. The maximum absolute atomic E-state index is 12.8. The highest BCUT2D eigenvalue weighted by Crippen LogP contribution is 2.54. The van der Waals surface area contributed by atoms with Crippen LogP contribution in [0.3, 0.4) is 0 Å². The molecule has 17 heavy (non-hydrogen) atoms. The van der Waals surface area contributed by atoms with Gasteiger partial charge in [0.15, 0.2) is 0 Å². The molecular weight excluding hydrogens is 230 g/mol. The summed E-state index contributed by atoms with van der Waals surface area (Å²) in [5.74, 6) is -2.17. The number of nitrogens with one attached hydrogen (secondary N) is 2. The van der Waals surface area contributed by atoms with Crippen molar-refractivity contribution in [3.05, 3.63) is 30.0 Å². The fourth-order valence-corrected chi connectivity index (χ4v) is 1.60. The molecule has 1 unspecified atom stereocenters. The van der Waals surface area contributed by atoms with Gasteiger partial charge in [-0.2, -0.15) is 4.98 Å². The van der Waals surface area contributed by atoms with Crippen LogP contribution in [0.15, 0.2) is 22.8 Å². The van der Waals surface area contributed by atoms with Crippen LogP contribution in [0.1, 0.15) is 23.9 Å². The van der Waals surface area contributed by atoms with E-state index in [2.05, 4.69) is 20.5 Å². The van der Waals surface area contributed by atoms with E-state index < -0.39 is 11.8 Å². The van der Waals surface area contributed by atoms with E-state index in [0.29, 0.717) is 12.5 Å². The predicted molar refractivity (Wildman–Crippen MR) is 54.7 cm³/mol. The van der Waals surface area contributed by atoms with E-state index in [0.717, 1.165) is 5.76 Å². The quantitative estimate of drug-likeness (QED) is 0.859. The topological polar surface area (TPSA) is 66.7 Å². The van der Waals surface area contributed by atoms with E-state index in [-0.39, 0.29) is 12.2 Å². The zero-order chi connectivity index (χ0) is 11.9. The summed E-state index contributed by atoms with van der Waals surface area (Å²) in [6.07, 6.45) is 1.41. The Morgan fingerprint density at radius 2 is 2.41 bits per heavy atom. The first kappa shape index (κ1) is 10.2. The molecule has 2 heterocycles. The van der Waals surface area contributed by atoms with E-state index >= 15 is 0 Å². The SMILES string of the molecule is FC1(F)CC1c1nc(NCc2ccco2)n[nH]1. The fraction of sp³-hybridized carbons (Fsp3) is 0.400. The highest BCUT2D eigenvalue weighted by Gasteiger charge is 2.59. The third kappa shape index (κ3) is 2.00. The number of aromatic nitrogens is 3. The molecule has 2 N–H and O–H groups in total. The van der Waals surface area contributed by atoms with Gasteiger partial charge in [-0.15, -0.1) is 5.10 Å². The Morgan fingerprint density at radius 3 is 3.06 bits per heavy atom. The largest absolute Gasteiger partial charge is 0.467 e. The van der Waals surface area contributed by atoms with Crippen molar-refractivity contribution >= 4 is 5.95 Å². The number of hydrogen-bond donors (Lipinski definition) is 2. The lowest BCUT2D eigenvalue weighted by Gasteiger charge is -1.96. The van der Waals surface area contributed by atoms with Crippen LogP contribution in [0.5, 0.6) is 0 Å². The molecule has 5 nitrogen and oxygen atoms in total. The molecule has 0 bridgehead atoms. The van der Waals surface area contributed by atoms with Crippen molar-refractivity contribution in [1.82, 2.24) is 15.2 Å². The Balaban J connectivity index is 1.62. The first-order valence-electron chi connectivity index (χ1n) is 5.21. The van der Waals surface area contributed by atoms with Crippen LogP contribution in [0.4, 0.5) is 14.7 Å². The van der Waals surface area contributed by atoms with Crippen LogP contribution in [0.2, 0.25) is 0 Å². The first-order valence-corrected chi connectivity index (χ1v) is 5.21. The molecule has 1 atom stereocenters. The van der Waals surface area contributed by atoms with Crippen molar-refractivity contribution in [2.24, 2.45) is 0 Å². The maximum atomic E-state index is 12.8. The molecule has 3 rings (SSSR count). The van der Waals surface area contributed by atoms with Crippen LogP contribution in [-0.4, -0.2) is 21.1 Å². The Morgan fingerprint density at radius 1 is 1.59 bits per heavy atom. The molecule has 7 heteroatoms. The third-order valence-corrected chi connectivity index (χ3v) is 2.66. The highest BCUT2D eigenvalue weighted by atomic mass is 19.3. The first-order chi connectivity index (χ1) is 8.15. The normalized spacial score (nSPS) is 21.4. The number of aromatic amines is 1. The number of furan rings is 1. The van der Waals surface area contributed by atoms with Crippen LogP contribution in [0.25, 0.3) is 0 Å². The summed E-state index contributed by atoms with van der Waals surface area (Å²) in [4.78, 5) is 3.97. The average Bonchev–Trinajstić information content (AvgIpc) is 2.81. The number of alkyl halides is 2. The molecule has 0 spiro atoms. The number of rotatable bonds is 4. The molecule has 1 saturated carbocycles. The minimum Gasteiger partial charge on any atom is -0.467 e. The molecule has 2 aromatic heterocycles. The van der Waals surface area contributed by atoms with E-state index in [9.17, 15) is 8.78 Å². The van der Waals surface area contributed by atoms with Crippen LogP contribution >= 0.6 is 0 Å². The van der Waals surface area contributed by atoms with Gasteiger partial charge in [-0.25, -0.2) is 8.78 Å². The van der Waals surface area contributed by atoms with Gasteiger partial charge in [0.05, 0.1) is 18.7 Å². The van der Waals surface area contributed by atoms with Crippen molar-refractivity contribution in [2.75, 3.05) is 5.32 Å². The summed E-state index contributed by atoms with van der Waals surface area (Å²) in [6, 6.07) is 3.57. The third-order valence-electron chi connectivity index (χ3n) is 2.66. The van der Waals surface area contributed by atoms with E-state index in [1.165, 1.54) is 0 Å². The minimum absolute atomic E-state index is 0.153. The number of H-pyrrole nitrogens is 1. The molecule has 0 aromatic carbocycles. The van der Waals surface area contributed by atoms with Crippen molar-refractivity contribution < 1.29 is 13.2 Å². The summed E-state index contributed by atoms with van der Waals surface area (Å²) in [5, 5.41) is 9.22. The Labute approximate surface area is 95.2 Å². The van der Waals surface area contributed by atoms with Gasteiger partial charge in [0.2, 0.25) is 5.95 Å². The van der Waals surface area contributed by atoms with Gasteiger partial charge in [0.1, 0.15) is 11.6 Å². The lowest BCUT2D eigenvalue weighted by molar-refractivity contribution is 0.111. The lowest BCUT2D eigenvalue weighted by Crippen LogP contribution is -2.00. The molecule has 1 fully saturated rings. The van der Waals surface area contributed by atoms with Gasteiger partial charge in [-0.1, -0.05) is 0 Å². The van der Waals surface area contributed by atoms with Gasteiger partial charge in [-0.05, 0) is 12.1 Å². The molecule has 0 aliphatic heterocycles. The second-order valence-electron chi connectivity index (χ2n) is 3.99. The highest BCUT2D eigenvalue weighted by molar-refractivity contribution is 5.27. The average molecular weight is 240 g/mol. The minimum atomic E-state index is -2.63. The van der Waals surface area contributed by atoms with E-state index in [1.807, 2.05) is 0 Å². The standard InChI is InChI=1S/C10H10F2N4O/c11-10(12)4-7(10)8-14-9(16-15-8)13-5-6-2-1-3-17-6/h1-3,7H,4-5H2,(H2,13,14,15,16). The summed E-state index contributed by atoms with van der Waals surface area (Å²) in [6.45, 7) is 0.422. The summed E-state index contributed by atoms with van der Waals surface area (Å²) >= 11 is 0. The summed E-state index contributed by atoms with van der Waals surface area (Å²) in [5.41, 5.74) is 0. The maximum Gasteiger partial charge on any atom is 0.259 e. The van der Waals surface area contributed by atoms with Crippen LogP contribution < -0.4 is 5.32 Å². The molecule has 1 aliphatic carbocycles. The molecule has 2 aromatic rings. The Hall–Kier alpha value is -1.92. The smallest absolute Gasteiger partial charge is 0.259 e. The van der Waals surface area contributed by atoms with E-state index in [1.54, 1.807) is 18.4 Å². The Bertz CT molecular complexity index is 508. The lowest BCUT2D eigenvalue weighted by atomic mass is 10.4. The molecular formula is C10H10F2N4O. The van der Waals surface area contributed by atoms with Crippen LogP contribution in [-0.2, 0) is 6.54 Å². The van der Waals surface area contributed by atoms with Gasteiger partial charge >= 0.3 is 0 Å². The van der Waals surface area contributed by atoms with Crippen molar-refractivity contribution in [3.8, 4) is 0 Å². The number of halogens is 2. The van der Waals surface area contributed by atoms with E-state index in [4.69, 9.17) is 4.42 Å². The second-order valence-corrected chi connectivity index (χ2v) is 3.99. The van der Waals surface area contributed by atoms with Gasteiger partial charge in [0.25, 0.3) is 5.92 Å². The summed E-state index contributed by atoms with van der Waals surface area (Å²) in [7, 11) is 0. The van der Waals surface area contributed by atoms with Crippen LogP contribution in [0, 0.1) is 0 Å². The van der Waals surface area contributed by atoms with Gasteiger partial charge in [0, 0.05) is 6.42 Å². The number of anilines is 1. The van der Waals surface area contributed by atoms with Gasteiger partial charge in [-0.3, -0.25) is 5.10 Å². The molecule has 0 saturated heterocycles. The fourth-order valence-electron chi connectivity index (χ4n) is 1.60. The summed E-state index contributed by atoms with van der Waals surface area (Å²) < 4.78 is 30.7. The monoisotopic (exact) mass is 240 g/mol. The zero-order valence-corrected chi connectivity index (χ0v) is 8.78. The number of nitrogens with zero attached hydrogens (tertiary/aromatic N) is 2. The Kier molecular flexibility index (Phi) is 2.13. The zero-order valence-electron chi connectivity index (χ0n) is 8.78. The van der Waals surface area contributed by atoms with Crippen molar-refractivity contribution in [2.45, 2.75) is 24.8 Å². The van der Waals surface area contributed by atoms with Crippen molar-refractivity contribution in [1.29, 1.82) is 0 Å². The molecule has 0 radical (unpaired) electrons. The number of hydrogen-bond acceptors (Lipinski definition) is 4. The van der Waals surface area contributed by atoms with Gasteiger partial charge < -0.3 is 9.73 Å². The predicted octanol–water partition coefficient (Wildman–Crippen LogP) is 2.13. The van der Waals surface area contributed by atoms with Crippen molar-refractivity contribution in [3.63, 3.8) is 0 Å². The molecule has 90 valence electrons. The second kappa shape index (κ2) is 3.54. The molecule has 0 amide bonds.